The molecule has 6 heteroatoms. The van der Waals surface area contributed by atoms with E-state index < -0.39 is 11.2 Å². The largest absolute Gasteiger partial charge is 0.497 e. The number of hydrogen-bond acceptors (Lipinski definition) is 5. The maximum atomic E-state index is 11.9. The fourth-order valence-electron chi connectivity index (χ4n) is 1.84. The number of allylic oxidation sites excluding steroid dienone is 1. The second-order valence-corrected chi connectivity index (χ2v) is 6.16. The quantitative estimate of drug-likeness (QED) is 0.684. The Kier molecular flexibility index (Phi) is 4.63. The van der Waals surface area contributed by atoms with Crippen molar-refractivity contribution in [2.75, 3.05) is 7.11 Å². The fraction of sp³-hybridized carbons (Fsp3) is 0.412. The van der Waals surface area contributed by atoms with E-state index in [-0.39, 0.29) is 5.91 Å². The van der Waals surface area contributed by atoms with Gasteiger partial charge in [0.1, 0.15) is 17.0 Å². The Morgan fingerprint density at radius 3 is 2.22 bits per heavy atom. The first-order valence-corrected chi connectivity index (χ1v) is 7.31. The average Bonchev–Trinajstić information content (AvgIpc) is 2.71. The van der Waals surface area contributed by atoms with Gasteiger partial charge in [-0.3, -0.25) is 4.79 Å². The average molecular weight is 318 g/mol. The summed E-state index contributed by atoms with van der Waals surface area (Å²) in [6.45, 7) is 7.82. The van der Waals surface area contributed by atoms with E-state index in [0.29, 0.717) is 17.3 Å². The molecule has 0 bridgehead atoms. The van der Waals surface area contributed by atoms with Crippen LogP contribution in [0.15, 0.2) is 41.4 Å². The van der Waals surface area contributed by atoms with E-state index in [9.17, 15) is 4.79 Å². The first-order chi connectivity index (χ1) is 10.7. The van der Waals surface area contributed by atoms with Crippen molar-refractivity contribution in [3.05, 3.63) is 41.9 Å². The van der Waals surface area contributed by atoms with Gasteiger partial charge < -0.3 is 14.2 Å². The topological polar surface area (TPSA) is 69.2 Å². The lowest BCUT2D eigenvalue weighted by atomic mass is 9.90. The second-order valence-electron chi connectivity index (χ2n) is 6.16. The highest BCUT2D eigenvalue weighted by molar-refractivity contribution is 5.94. The molecule has 2 rings (SSSR count). The maximum absolute atomic E-state index is 11.9. The van der Waals surface area contributed by atoms with Gasteiger partial charge >= 0.3 is 0 Å². The first kappa shape index (κ1) is 16.9. The molecule has 1 saturated heterocycles. The Labute approximate surface area is 136 Å². The first-order valence-electron chi connectivity index (χ1n) is 7.31. The molecular weight excluding hydrogens is 296 g/mol. The van der Waals surface area contributed by atoms with Gasteiger partial charge in [0.15, 0.2) is 0 Å². The van der Waals surface area contributed by atoms with E-state index in [1.807, 2.05) is 27.7 Å². The van der Waals surface area contributed by atoms with Crippen LogP contribution in [0.25, 0.3) is 0 Å². The predicted octanol–water partition coefficient (Wildman–Crippen LogP) is 2.86. The Balaban J connectivity index is 1.92. The van der Waals surface area contributed by atoms with E-state index in [1.54, 1.807) is 37.5 Å². The van der Waals surface area contributed by atoms with Gasteiger partial charge in [-0.1, -0.05) is 0 Å². The molecule has 0 radical (unpaired) electrons. The van der Waals surface area contributed by atoms with E-state index in [0.717, 1.165) is 0 Å². The van der Waals surface area contributed by atoms with Crippen LogP contribution in [0.1, 0.15) is 38.1 Å². The van der Waals surface area contributed by atoms with Crippen LogP contribution < -0.4 is 10.2 Å². The molecule has 0 aromatic heterocycles. The lowest BCUT2D eigenvalue weighted by Crippen LogP contribution is -2.41. The highest BCUT2D eigenvalue weighted by atomic mass is 16.7. The van der Waals surface area contributed by atoms with Gasteiger partial charge in [0, 0.05) is 11.6 Å². The SMILES string of the molecule is COc1ccc(C(=O)N/N=C/C=C2OC(C)(C)C(C)(C)O2)cc1. The molecule has 1 amide bonds. The molecule has 1 fully saturated rings. The van der Waals surface area contributed by atoms with Crippen LogP contribution in [0.2, 0.25) is 0 Å². The molecular formula is C17H22N2O4. The summed E-state index contributed by atoms with van der Waals surface area (Å²) in [4.78, 5) is 11.9. The van der Waals surface area contributed by atoms with Crippen molar-refractivity contribution in [2.45, 2.75) is 38.9 Å². The molecule has 1 heterocycles. The van der Waals surface area contributed by atoms with E-state index >= 15 is 0 Å². The van der Waals surface area contributed by atoms with Crippen molar-refractivity contribution in [1.29, 1.82) is 0 Å². The number of carbonyl (C=O) groups is 1. The van der Waals surface area contributed by atoms with Crippen molar-refractivity contribution in [1.82, 2.24) is 5.43 Å². The number of nitrogens with one attached hydrogen (secondary N) is 1. The highest BCUT2D eigenvalue weighted by Gasteiger charge is 2.48. The summed E-state index contributed by atoms with van der Waals surface area (Å²) in [6, 6.07) is 6.75. The lowest BCUT2D eigenvalue weighted by Gasteiger charge is -2.28. The van der Waals surface area contributed by atoms with Gasteiger partial charge in [-0.05, 0) is 52.0 Å². The number of nitrogens with zero attached hydrogens (tertiary/aromatic N) is 1. The monoisotopic (exact) mass is 318 g/mol. The molecule has 1 N–H and O–H groups in total. The molecule has 0 aliphatic carbocycles. The molecule has 23 heavy (non-hydrogen) atoms. The fourth-order valence-corrected chi connectivity index (χ4v) is 1.84. The number of rotatable bonds is 4. The zero-order valence-corrected chi connectivity index (χ0v) is 14.0. The highest BCUT2D eigenvalue weighted by Crippen LogP contribution is 2.39. The maximum Gasteiger partial charge on any atom is 0.282 e. The molecule has 0 saturated carbocycles. The van der Waals surface area contributed by atoms with Crippen LogP contribution in [-0.2, 0) is 9.47 Å². The van der Waals surface area contributed by atoms with E-state index in [2.05, 4.69) is 10.5 Å². The summed E-state index contributed by atoms with van der Waals surface area (Å²) >= 11 is 0. The summed E-state index contributed by atoms with van der Waals surface area (Å²) in [5, 5.41) is 3.86. The third-order valence-electron chi connectivity index (χ3n) is 3.96. The minimum atomic E-state index is -0.432. The lowest BCUT2D eigenvalue weighted by molar-refractivity contribution is 0.00578. The number of carbonyl (C=O) groups excluding carboxylic acids is 1. The Morgan fingerprint density at radius 2 is 1.70 bits per heavy atom. The van der Waals surface area contributed by atoms with Crippen molar-refractivity contribution < 1.29 is 19.0 Å². The predicted molar refractivity (Wildman–Crippen MR) is 87.4 cm³/mol. The van der Waals surface area contributed by atoms with Crippen molar-refractivity contribution in [3.8, 4) is 5.75 Å². The molecule has 0 unspecified atom stereocenters. The normalized spacial score (nSPS) is 18.2. The van der Waals surface area contributed by atoms with Gasteiger partial charge in [-0.25, -0.2) is 5.43 Å². The Hall–Kier alpha value is -2.50. The summed E-state index contributed by atoms with van der Waals surface area (Å²) in [5.41, 5.74) is 2.06. The third-order valence-corrected chi connectivity index (χ3v) is 3.96. The number of benzene rings is 1. The van der Waals surface area contributed by atoms with Crippen LogP contribution in [0.5, 0.6) is 5.75 Å². The third kappa shape index (κ3) is 3.83. The Bertz CT molecular complexity index is 612. The van der Waals surface area contributed by atoms with Gasteiger partial charge in [0.2, 0.25) is 0 Å². The number of ether oxygens (including phenoxy) is 3. The molecule has 1 aliphatic rings. The van der Waals surface area contributed by atoms with Gasteiger partial charge in [0.25, 0.3) is 11.9 Å². The van der Waals surface area contributed by atoms with Crippen molar-refractivity contribution in [2.24, 2.45) is 5.10 Å². The van der Waals surface area contributed by atoms with Crippen molar-refractivity contribution >= 4 is 12.1 Å². The number of hydrogen-bond donors (Lipinski definition) is 1. The summed E-state index contributed by atoms with van der Waals surface area (Å²) in [6.07, 6.45) is 3.00. The van der Waals surface area contributed by atoms with Crippen molar-refractivity contribution in [3.63, 3.8) is 0 Å². The molecule has 6 nitrogen and oxygen atoms in total. The molecule has 1 aromatic rings. The minimum Gasteiger partial charge on any atom is -0.497 e. The van der Waals surface area contributed by atoms with Crippen LogP contribution in [0, 0.1) is 0 Å². The van der Waals surface area contributed by atoms with Crippen LogP contribution >= 0.6 is 0 Å². The number of amides is 1. The van der Waals surface area contributed by atoms with Gasteiger partial charge in [0.05, 0.1) is 13.3 Å². The minimum absolute atomic E-state index is 0.309. The van der Waals surface area contributed by atoms with E-state index in [1.165, 1.54) is 6.21 Å². The zero-order valence-electron chi connectivity index (χ0n) is 14.0. The van der Waals surface area contributed by atoms with Gasteiger partial charge in [-0.2, -0.15) is 5.10 Å². The zero-order chi connectivity index (χ0) is 17.1. The van der Waals surface area contributed by atoms with Crippen LogP contribution in [-0.4, -0.2) is 30.4 Å². The summed E-state index contributed by atoms with van der Waals surface area (Å²) < 4.78 is 16.4. The molecule has 0 spiro atoms. The Morgan fingerprint density at radius 1 is 1.13 bits per heavy atom. The number of methoxy groups -OCH3 is 1. The molecule has 1 aliphatic heterocycles. The molecule has 1 aromatic carbocycles. The molecule has 124 valence electrons. The van der Waals surface area contributed by atoms with Crippen LogP contribution in [0.4, 0.5) is 0 Å². The standard InChI is InChI=1S/C17H22N2O4/c1-16(2)17(3,4)23-14(22-16)10-11-18-19-15(20)12-6-8-13(21-5)9-7-12/h6-11H,1-5H3,(H,19,20)/b18-11+. The molecule has 0 atom stereocenters. The summed E-state index contributed by atoms with van der Waals surface area (Å²) in [5.74, 6) is 0.759. The summed E-state index contributed by atoms with van der Waals surface area (Å²) in [7, 11) is 1.57. The smallest absolute Gasteiger partial charge is 0.282 e. The second kappa shape index (κ2) is 6.32. The van der Waals surface area contributed by atoms with Gasteiger partial charge in [-0.15, -0.1) is 0 Å². The van der Waals surface area contributed by atoms with E-state index in [4.69, 9.17) is 14.2 Å². The number of hydrazone groups is 1. The van der Waals surface area contributed by atoms with Crippen LogP contribution in [0.3, 0.4) is 0 Å².